The van der Waals surface area contributed by atoms with Gasteiger partial charge in [-0.2, -0.15) is 0 Å². The first kappa shape index (κ1) is 19.9. The van der Waals surface area contributed by atoms with Gasteiger partial charge in [-0.05, 0) is 25.1 Å². The third kappa shape index (κ3) is 5.13. The van der Waals surface area contributed by atoms with Gasteiger partial charge in [0, 0.05) is 11.9 Å². The van der Waals surface area contributed by atoms with Crippen LogP contribution in [-0.4, -0.2) is 31.1 Å². The Labute approximate surface area is 166 Å². The highest BCUT2D eigenvalue weighted by Gasteiger charge is 2.23. The average molecular weight is 396 g/mol. The van der Waals surface area contributed by atoms with E-state index in [2.05, 4.69) is 10.6 Å². The number of rotatable bonds is 7. The molecule has 3 amide bonds. The van der Waals surface area contributed by atoms with Crippen molar-refractivity contribution in [1.29, 1.82) is 0 Å². The lowest BCUT2D eigenvalue weighted by molar-refractivity contribution is -0.123. The van der Waals surface area contributed by atoms with Crippen LogP contribution < -0.4 is 15.4 Å². The van der Waals surface area contributed by atoms with E-state index in [0.29, 0.717) is 28.8 Å². The van der Waals surface area contributed by atoms with Crippen LogP contribution in [0.25, 0.3) is 11.0 Å². The molecule has 0 fully saturated rings. The molecule has 0 aliphatic carbocycles. The van der Waals surface area contributed by atoms with E-state index in [9.17, 15) is 14.4 Å². The molecule has 29 heavy (non-hydrogen) atoms. The van der Waals surface area contributed by atoms with Gasteiger partial charge in [0.2, 0.25) is 5.76 Å². The second-order valence-electron chi connectivity index (χ2n) is 5.99. The number of hydrogen-bond acceptors (Lipinski definition) is 6. The smallest absolute Gasteiger partial charge is 0.375 e. The quantitative estimate of drug-likeness (QED) is 0.595. The number of esters is 1. The van der Waals surface area contributed by atoms with Crippen molar-refractivity contribution in [2.45, 2.75) is 13.5 Å². The number of imide groups is 1. The van der Waals surface area contributed by atoms with Gasteiger partial charge < -0.3 is 19.2 Å². The molecule has 150 valence electrons. The maximum Gasteiger partial charge on any atom is 0.375 e. The van der Waals surface area contributed by atoms with Crippen molar-refractivity contribution < 1.29 is 28.3 Å². The molecule has 3 rings (SSSR count). The summed E-state index contributed by atoms with van der Waals surface area (Å²) in [5.41, 5.74) is 1.01. The summed E-state index contributed by atoms with van der Waals surface area (Å²) in [7, 11) is 0. The Kier molecular flexibility index (Phi) is 6.47. The van der Waals surface area contributed by atoms with E-state index in [0.717, 1.165) is 0 Å². The van der Waals surface area contributed by atoms with E-state index in [1.165, 1.54) is 0 Å². The number of nitrogens with one attached hydrogen (secondary N) is 2. The minimum absolute atomic E-state index is 0.0482. The van der Waals surface area contributed by atoms with Crippen LogP contribution in [0.1, 0.15) is 23.0 Å². The number of benzene rings is 2. The largest absolute Gasteiger partial charge is 0.489 e. The number of amides is 3. The summed E-state index contributed by atoms with van der Waals surface area (Å²) >= 11 is 0. The lowest BCUT2D eigenvalue weighted by atomic mass is 10.1. The van der Waals surface area contributed by atoms with Crippen LogP contribution in [0.5, 0.6) is 5.75 Å². The van der Waals surface area contributed by atoms with Crippen LogP contribution in [0, 0.1) is 0 Å². The van der Waals surface area contributed by atoms with E-state index >= 15 is 0 Å². The number of urea groups is 1. The highest BCUT2D eigenvalue weighted by atomic mass is 16.5. The van der Waals surface area contributed by atoms with Crippen LogP contribution in [0.3, 0.4) is 0 Å². The minimum atomic E-state index is -0.820. The summed E-state index contributed by atoms with van der Waals surface area (Å²) in [5.74, 6) is -0.979. The predicted octanol–water partition coefficient (Wildman–Crippen LogP) is 3.01. The van der Waals surface area contributed by atoms with Crippen LogP contribution in [-0.2, 0) is 16.1 Å². The number of carbonyl (C=O) groups is 3. The molecular weight excluding hydrogens is 376 g/mol. The summed E-state index contributed by atoms with van der Waals surface area (Å²) in [4.78, 5) is 35.6. The van der Waals surface area contributed by atoms with Crippen molar-refractivity contribution in [2.75, 3.05) is 13.2 Å². The maximum absolute atomic E-state index is 12.5. The standard InChI is InChI=1S/C21H20N2O6/c1-2-22-21(26)23-18(24)13-28-20(25)19-16(12-27-14-8-4-3-5-9-14)15-10-6-7-11-17(15)29-19/h3-11H,2,12-13H2,1H3,(H2,22,23,24,26). The van der Waals surface area contributed by atoms with Crippen molar-refractivity contribution in [2.24, 2.45) is 0 Å². The van der Waals surface area contributed by atoms with Crippen molar-refractivity contribution >= 4 is 28.9 Å². The number of ether oxygens (including phenoxy) is 2. The fourth-order valence-electron chi connectivity index (χ4n) is 2.64. The third-order valence-corrected chi connectivity index (χ3v) is 3.93. The number of carbonyl (C=O) groups excluding carboxylic acids is 3. The molecule has 0 spiro atoms. The fraction of sp³-hybridized carbons (Fsp3) is 0.190. The maximum atomic E-state index is 12.5. The monoisotopic (exact) mass is 396 g/mol. The second-order valence-corrected chi connectivity index (χ2v) is 5.99. The molecule has 8 heteroatoms. The van der Waals surface area contributed by atoms with E-state index in [-0.39, 0.29) is 12.4 Å². The Morgan fingerprint density at radius 2 is 1.72 bits per heavy atom. The number of furan rings is 1. The topological polar surface area (TPSA) is 107 Å². The molecule has 8 nitrogen and oxygen atoms in total. The lowest BCUT2D eigenvalue weighted by Crippen LogP contribution is -2.41. The Bertz CT molecular complexity index is 1010. The highest BCUT2D eigenvalue weighted by Crippen LogP contribution is 2.28. The van der Waals surface area contributed by atoms with Crippen molar-refractivity contribution in [3.05, 3.63) is 65.9 Å². The molecule has 0 atom stereocenters. The Balaban J connectivity index is 1.73. The Hall–Kier alpha value is -3.81. The molecule has 0 radical (unpaired) electrons. The molecule has 0 bridgehead atoms. The van der Waals surface area contributed by atoms with Crippen LogP contribution in [0.15, 0.2) is 59.0 Å². The first-order chi connectivity index (χ1) is 14.1. The molecule has 1 aromatic heterocycles. The molecule has 2 N–H and O–H groups in total. The lowest BCUT2D eigenvalue weighted by Gasteiger charge is -2.08. The fourth-order valence-corrected chi connectivity index (χ4v) is 2.64. The van der Waals surface area contributed by atoms with E-state index in [1.54, 1.807) is 37.3 Å². The van der Waals surface area contributed by atoms with Gasteiger partial charge in [-0.15, -0.1) is 0 Å². The van der Waals surface area contributed by atoms with Gasteiger partial charge in [0.15, 0.2) is 6.61 Å². The third-order valence-electron chi connectivity index (χ3n) is 3.93. The first-order valence-electron chi connectivity index (χ1n) is 9.01. The molecule has 0 aliphatic heterocycles. The molecule has 0 unspecified atom stereocenters. The molecule has 0 saturated heterocycles. The number of fused-ring (bicyclic) bond motifs is 1. The van der Waals surface area contributed by atoms with Crippen molar-refractivity contribution in [3.8, 4) is 5.75 Å². The zero-order chi connectivity index (χ0) is 20.6. The average Bonchev–Trinajstić information content (AvgIpc) is 3.10. The van der Waals surface area contributed by atoms with Crippen molar-refractivity contribution in [1.82, 2.24) is 10.6 Å². The van der Waals surface area contributed by atoms with Crippen LogP contribution >= 0.6 is 0 Å². The van der Waals surface area contributed by atoms with Gasteiger partial charge in [-0.25, -0.2) is 9.59 Å². The van der Waals surface area contributed by atoms with Gasteiger partial charge in [-0.3, -0.25) is 10.1 Å². The first-order valence-corrected chi connectivity index (χ1v) is 9.01. The normalized spacial score (nSPS) is 10.4. The zero-order valence-electron chi connectivity index (χ0n) is 15.8. The van der Waals surface area contributed by atoms with E-state index in [4.69, 9.17) is 13.9 Å². The summed E-state index contributed by atoms with van der Waals surface area (Å²) in [6.07, 6.45) is 0. The minimum Gasteiger partial charge on any atom is -0.489 e. The zero-order valence-corrected chi connectivity index (χ0v) is 15.8. The Morgan fingerprint density at radius 1 is 1.00 bits per heavy atom. The van der Waals surface area contributed by atoms with Crippen LogP contribution in [0.4, 0.5) is 4.79 Å². The van der Waals surface area contributed by atoms with Gasteiger partial charge in [0.05, 0.1) is 5.56 Å². The highest BCUT2D eigenvalue weighted by molar-refractivity contribution is 5.99. The van der Waals surface area contributed by atoms with E-state index < -0.39 is 24.5 Å². The summed E-state index contributed by atoms with van der Waals surface area (Å²) in [5, 5.41) is 5.17. The molecule has 3 aromatic rings. The number of para-hydroxylation sites is 2. The molecule has 0 saturated carbocycles. The van der Waals surface area contributed by atoms with Crippen molar-refractivity contribution in [3.63, 3.8) is 0 Å². The van der Waals surface area contributed by atoms with Crippen LogP contribution in [0.2, 0.25) is 0 Å². The molecule has 1 heterocycles. The van der Waals surface area contributed by atoms with Gasteiger partial charge in [0.1, 0.15) is 17.9 Å². The van der Waals surface area contributed by atoms with Gasteiger partial charge in [-0.1, -0.05) is 36.4 Å². The molecular formula is C21H20N2O6. The summed E-state index contributed by atoms with van der Waals surface area (Å²) in [6.45, 7) is 1.54. The van der Waals surface area contributed by atoms with Gasteiger partial charge >= 0.3 is 12.0 Å². The summed E-state index contributed by atoms with van der Waals surface area (Å²) < 4.78 is 16.4. The SMILES string of the molecule is CCNC(=O)NC(=O)COC(=O)c1oc2ccccc2c1COc1ccccc1. The van der Waals surface area contributed by atoms with Gasteiger partial charge in [0.25, 0.3) is 5.91 Å². The predicted molar refractivity (Wildman–Crippen MR) is 104 cm³/mol. The molecule has 0 aliphatic rings. The number of hydrogen-bond donors (Lipinski definition) is 2. The molecule has 2 aromatic carbocycles. The summed E-state index contributed by atoms with van der Waals surface area (Å²) in [6, 6.07) is 15.6. The second kappa shape index (κ2) is 9.41. The van der Waals surface area contributed by atoms with E-state index in [1.807, 2.05) is 24.3 Å². The Morgan fingerprint density at radius 3 is 2.48 bits per heavy atom.